The van der Waals surface area contributed by atoms with Crippen molar-refractivity contribution in [3.8, 4) is 0 Å². The van der Waals surface area contributed by atoms with Gasteiger partial charge < -0.3 is 9.88 Å². The molecule has 1 aromatic heterocycles. The number of nitrogens with one attached hydrogen (secondary N) is 1. The minimum Gasteiger partial charge on any atom is -0.317 e. The minimum absolute atomic E-state index is 0.638. The number of fused-ring (bicyclic) bond motifs is 1. The van der Waals surface area contributed by atoms with Crippen molar-refractivity contribution in [2.45, 2.75) is 45.8 Å². The van der Waals surface area contributed by atoms with Crippen LogP contribution in [-0.2, 0) is 13.1 Å². The van der Waals surface area contributed by atoms with Gasteiger partial charge in [-0.3, -0.25) is 4.90 Å². The lowest BCUT2D eigenvalue weighted by Gasteiger charge is -2.32. The quantitative estimate of drug-likeness (QED) is 0.746. The predicted octanol–water partition coefficient (Wildman–Crippen LogP) is 0.872. The fourth-order valence-electron chi connectivity index (χ4n) is 2.34. The molecule has 1 unspecified atom stereocenters. The van der Waals surface area contributed by atoms with Gasteiger partial charge in [-0.15, -0.1) is 10.2 Å². The minimum atomic E-state index is 0.638. The number of hydrogen-bond acceptors (Lipinski definition) is 4. The molecule has 0 amide bonds. The second-order valence-electron chi connectivity index (χ2n) is 4.76. The smallest absolute Gasteiger partial charge is 0.147 e. The highest BCUT2D eigenvalue weighted by Gasteiger charge is 2.21. The first-order valence-corrected chi connectivity index (χ1v) is 6.62. The van der Waals surface area contributed by atoms with E-state index < -0.39 is 0 Å². The van der Waals surface area contributed by atoms with E-state index in [0.29, 0.717) is 6.04 Å². The van der Waals surface area contributed by atoms with Gasteiger partial charge in [0.25, 0.3) is 0 Å². The van der Waals surface area contributed by atoms with E-state index in [1.165, 1.54) is 12.8 Å². The van der Waals surface area contributed by atoms with Gasteiger partial charge in [0.05, 0.1) is 6.54 Å². The lowest BCUT2D eigenvalue weighted by atomic mass is 10.1. The van der Waals surface area contributed by atoms with Crippen LogP contribution in [0.25, 0.3) is 0 Å². The lowest BCUT2D eigenvalue weighted by Crippen LogP contribution is -2.40. The number of nitrogens with zero attached hydrogens (tertiary/aromatic N) is 4. The summed E-state index contributed by atoms with van der Waals surface area (Å²) in [6.07, 6.45) is 4.34. The highest BCUT2D eigenvalue weighted by molar-refractivity contribution is 4.91. The Morgan fingerprint density at radius 1 is 1.47 bits per heavy atom. The second kappa shape index (κ2) is 6.12. The predicted molar refractivity (Wildman–Crippen MR) is 67.7 cm³/mol. The molecule has 1 aliphatic heterocycles. The first-order valence-electron chi connectivity index (χ1n) is 6.62. The largest absolute Gasteiger partial charge is 0.317 e. The molecule has 0 saturated heterocycles. The van der Waals surface area contributed by atoms with Gasteiger partial charge in [0.15, 0.2) is 0 Å². The molecule has 1 atom stereocenters. The molecular formula is C12H23N5. The summed E-state index contributed by atoms with van der Waals surface area (Å²) in [6, 6.07) is 0.638. The second-order valence-corrected chi connectivity index (χ2v) is 4.76. The third kappa shape index (κ3) is 3.26. The first kappa shape index (κ1) is 12.5. The van der Waals surface area contributed by atoms with Crippen molar-refractivity contribution >= 4 is 0 Å². The van der Waals surface area contributed by atoms with Crippen LogP contribution in [-0.4, -0.2) is 45.3 Å². The molecule has 17 heavy (non-hydrogen) atoms. The number of rotatable bonds is 6. The van der Waals surface area contributed by atoms with Crippen LogP contribution >= 0.6 is 0 Å². The van der Waals surface area contributed by atoms with Crippen molar-refractivity contribution in [1.82, 2.24) is 25.0 Å². The van der Waals surface area contributed by atoms with Crippen LogP contribution in [0.1, 0.15) is 32.5 Å². The summed E-state index contributed by atoms with van der Waals surface area (Å²) in [4.78, 5) is 2.51. The third-order valence-electron chi connectivity index (χ3n) is 3.52. The van der Waals surface area contributed by atoms with E-state index in [9.17, 15) is 0 Å². The highest BCUT2D eigenvalue weighted by Crippen LogP contribution is 2.14. The average Bonchev–Trinajstić information content (AvgIpc) is 2.81. The van der Waals surface area contributed by atoms with Gasteiger partial charge >= 0.3 is 0 Å². The molecule has 2 rings (SSSR count). The molecule has 0 spiro atoms. The molecule has 0 aliphatic carbocycles. The van der Waals surface area contributed by atoms with Crippen molar-refractivity contribution in [3.63, 3.8) is 0 Å². The van der Waals surface area contributed by atoms with Gasteiger partial charge in [0.2, 0.25) is 0 Å². The van der Waals surface area contributed by atoms with Crippen molar-refractivity contribution in [2.24, 2.45) is 0 Å². The molecule has 0 aromatic carbocycles. The van der Waals surface area contributed by atoms with Gasteiger partial charge in [-0.2, -0.15) is 0 Å². The summed E-state index contributed by atoms with van der Waals surface area (Å²) in [5.41, 5.74) is 0. The zero-order valence-corrected chi connectivity index (χ0v) is 10.9. The maximum absolute atomic E-state index is 4.16. The van der Waals surface area contributed by atoms with Crippen LogP contribution in [0.5, 0.6) is 0 Å². The molecule has 0 fully saturated rings. The summed E-state index contributed by atoms with van der Waals surface area (Å²) in [7, 11) is 0. The zero-order chi connectivity index (χ0) is 12.1. The van der Waals surface area contributed by atoms with E-state index in [1.54, 1.807) is 0 Å². The van der Waals surface area contributed by atoms with E-state index in [-0.39, 0.29) is 0 Å². The van der Waals surface area contributed by atoms with Gasteiger partial charge in [-0.05, 0) is 32.9 Å². The monoisotopic (exact) mass is 237 g/mol. The molecule has 5 heteroatoms. The Morgan fingerprint density at radius 3 is 3.18 bits per heavy atom. The maximum atomic E-state index is 4.16. The molecule has 0 bridgehead atoms. The molecular weight excluding hydrogens is 214 g/mol. The fourth-order valence-corrected chi connectivity index (χ4v) is 2.34. The number of aromatic nitrogens is 3. The van der Waals surface area contributed by atoms with Gasteiger partial charge in [-0.1, -0.05) is 6.92 Å². The van der Waals surface area contributed by atoms with E-state index in [1.807, 2.05) is 6.33 Å². The zero-order valence-electron chi connectivity index (χ0n) is 10.9. The van der Waals surface area contributed by atoms with E-state index >= 15 is 0 Å². The lowest BCUT2D eigenvalue weighted by molar-refractivity contribution is 0.154. The Kier molecular flexibility index (Phi) is 4.50. The van der Waals surface area contributed by atoms with Crippen molar-refractivity contribution in [2.75, 3.05) is 19.6 Å². The fraction of sp³-hybridized carbons (Fsp3) is 0.833. The standard InChI is InChI=1S/C12H23N5/c1-3-13-6-4-5-11(2)16-7-8-17-10-14-15-12(17)9-16/h10-11,13H,3-9H2,1-2H3. The molecule has 2 heterocycles. The van der Waals surface area contributed by atoms with Gasteiger partial charge in [-0.25, -0.2) is 0 Å². The Morgan fingerprint density at radius 2 is 2.35 bits per heavy atom. The van der Waals surface area contributed by atoms with E-state index in [4.69, 9.17) is 0 Å². The van der Waals surface area contributed by atoms with Crippen LogP contribution in [0.4, 0.5) is 0 Å². The van der Waals surface area contributed by atoms with Crippen LogP contribution in [0.15, 0.2) is 6.33 Å². The molecule has 96 valence electrons. The van der Waals surface area contributed by atoms with Crippen LogP contribution in [0, 0.1) is 0 Å². The summed E-state index contributed by atoms with van der Waals surface area (Å²) < 4.78 is 2.15. The molecule has 0 radical (unpaired) electrons. The van der Waals surface area contributed by atoms with Crippen LogP contribution in [0.3, 0.4) is 0 Å². The van der Waals surface area contributed by atoms with Crippen LogP contribution in [0.2, 0.25) is 0 Å². The Balaban J connectivity index is 1.76. The summed E-state index contributed by atoms with van der Waals surface area (Å²) in [6.45, 7) is 9.76. The normalized spacial score (nSPS) is 18.0. The Hall–Kier alpha value is -0.940. The van der Waals surface area contributed by atoms with E-state index in [0.717, 1.165) is 38.5 Å². The van der Waals surface area contributed by atoms with Gasteiger partial charge in [0.1, 0.15) is 12.2 Å². The number of hydrogen-bond donors (Lipinski definition) is 1. The Bertz CT molecular complexity index is 335. The molecule has 0 saturated carbocycles. The van der Waals surface area contributed by atoms with Crippen molar-refractivity contribution < 1.29 is 0 Å². The summed E-state index contributed by atoms with van der Waals surface area (Å²) >= 11 is 0. The van der Waals surface area contributed by atoms with Crippen molar-refractivity contribution in [1.29, 1.82) is 0 Å². The van der Waals surface area contributed by atoms with Crippen LogP contribution < -0.4 is 5.32 Å². The highest BCUT2D eigenvalue weighted by atomic mass is 15.3. The van der Waals surface area contributed by atoms with Gasteiger partial charge in [0, 0.05) is 19.1 Å². The van der Waals surface area contributed by atoms with E-state index in [2.05, 4.69) is 38.8 Å². The summed E-state index contributed by atoms with van der Waals surface area (Å²) in [5.74, 6) is 1.11. The Labute approximate surface area is 103 Å². The first-order chi connectivity index (χ1) is 8.31. The topological polar surface area (TPSA) is 46.0 Å². The SMILES string of the molecule is CCNCCCC(C)N1CCn2cnnc2C1. The molecule has 5 nitrogen and oxygen atoms in total. The summed E-state index contributed by atoms with van der Waals surface area (Å²) in [5, 5.41) is 11.5. The maximum Gasteiger partial charge on any atom is 0.147 e. The molecule has 1 aromatic rings. The van der Waals surface area contributed by atoms with Crippen molar-refractivity contribution in [3.05, 3.63) is 12.2 Å². The third-order valence-corrected chi connectivity index (χ3v) is 3.52. The molecule has 1 aliphatic rings. The molecule has 1 N–H and O–H groups in total. The average molecular weight is 237 g/mol.